The van der Waals surface area contributed by atoms with Gasteiger partial charge in [-0.25, -0.2) is 17.6 Å². The molecule has 0 fully saturated rings. The van der Waals surface area contributed by atoms with Crippen LogP contribution in [0.3, 0.4) is 0 Å². The molecule has 0 saturated carbocycles. The Balaban J connectivity index is 4.84. The van der Waals surface area contributed by atoms with E-state index in [1.54, 1.807) is 13.8 Å². The van der Waals surface area contributed by atoms with Gasteiger partial charge in [0.1, 0.15) is 0 Å². The monoisotopic (exact) mass is 328 g/mol. The highest BCUT2D eigenvalue weighted by Gasteiger charge is 2.19. The molecule has 0 aromatic heterocycles. The van der Waals surface area contributed by atoms with E-state index in [-0.39, 0.29) is 28.6 Å². The zero-order chi connectivity index (χ0) is 18.3. The number of hydrogen-bond donors (Lipinski definition) is 0. The van der Waals surface area contributed by atoms with Gasteiger partial charge in [-0.05, 0) is 54.4 Å². The molecule has 0 aliphatic rings. The summed E-state index contributed by atoms with van der Waals surface area (Å²) < 4.78 is 54.1. The molecule has 0 aliphatic heterocycles. The molecule has 0 aromatic carbocycles. The van der Waals surface area contributed by atoms with Gasteiger partial charge in [-0.3, -0.25) is 0 Å². The van der Waals surface area contributed by atoms with Crippen molar-refractivity contribution in [1.29, 1.82) is 0 Å². The zero-order valence-electron chi connectivity index (χ0n) is 14.0. The predicted molar refractivity (Wildman–Crippen MR) is 89.3 cm³/mol. The Labute approximate surface area is 136 Å². The van der Waals surface area contributed by atoms with Gasteiger partial charge in [-0.1, -0.05) is 40.2 Å². The maximum absolute atomic E-state index is 13.9. The fourth-order valence-electron chi connectivity index (χ4n) is 1.85. The van der Waals surface area contributed by atoms with E-state index in [0.29, 0.717) is 12.8 Å². The van der Waals surface area contributed by atoms with Crippen LogP contribution >= 0.6 is 0 Å². The fourth-order valence-corrected chi connectivity index (χ4v) is 1.85. The molecule has 0 heterocycles. The molecule has 0 aromatic rings. The van der Waals surface area contributed by atoms with Crippen molar-refractivity contribution >= 4 is 0 Å². The van der Waals surface area contributed by atoms with E-state index in [4.69, 9.17) is 0 Å². The largest absolute Gasteiger partial charge is 0.204 e. The summed E-state index contributed by atoms with van der Waals surface area (Å²) in [7, 11) is 0. The van der Waals surface area contributed by atoms with Crippen LogP contribution in [0, 0.1) is 11.8 Å². The van der Waals surface area contributed by atoms with Crippen LogP contribution in [-0.4, -0.2) is 0 Å². The molecule has 23 heavy (non-hydrogen) atoms. The van der Waals surface area contributed by atoms with Crippen LogP contribution in [-0.2, 0) is 0 Å². The fraction of sp³-hybridized carbons (Fsp3) is 0.368. The molecule has 4 heteroatoms. The minimum Gasteiger partial charge on any atom is -0.204 e. The summed E-state index contributed by atoms with van der Waals surface area (Å²) in [6.45, 7) is 18.3. The van der Waals surface area contributed by atoms with Crippen LogP contribution < -0.4 is 0 Å². The summed E-state index contributed by atoms with van der Waals surface area (Å²) >= 11 is 0. The van der Waals surface area contributed by atoms with Gasteiger partial charge in [0.05, 0.1) is 0 Å². The third-order valence-corrected chi connectivity index (χ3v) is 3.74. The van der Waals surface area contributed by atoms with Crippen molar-refractivity contribution in [3.05, 3.63) is 72.4 Å². The first-order valence-electron chi connectivity index (χ1n) is 7.31. The van der Waals surface area contributed by atoms with Crippen molar-refractivity contribution in [3.8, 4) is 0 Å². The summed E-state index contributed by atoms with van der Waals surface area (Å²) in [4.78, 5) is 0. The van der Waals surface area contributed by atoms with E-state index >= 15 is 0 Å². The third-order valence-electron chi connectivity index (χ3n) is 3.74. The van der Waals surface area contributed by atoms with Gasteiger partial charge in [0.25, 0.3) is 0 Å². The molecule has 0 nitrogen and oxygen atoms in total. The Morgan fingerprint density at radius 2 is 1.22 bits per heavy atom. The van der Waals surface area contributed by atoms with Gasteiger partial charge in [0.15, 0.2) is 23.3 Å². The molecule has 0 rings (SSSR count). The quantitative estimate of drug-likeness (QED) is 0.310. The van der Waals surface area contributed by atoms with E-state index in [1.807, 2.05) is 0 Å². The van der Waals surface area contributed by atoms with Crippen molar-refractivity contribution in [2.45, 2.75) is 33.6 Å². The summed E-state index contributed by atoms with van der Waals surface area (Å²) in [6, 6.07) is 0. The molecule has 0 radical (unpaired) electrons. The van der Waals surface area contributed by atoms with Gasteiger partial charge in [0, 0.05) is 0 Å². The van der Waals surface area contributed by atoms with E-state index < -0.39 is 23.3 Å². The van der Waals surface area contributed by atoms with Gasteiger partial charge in [-0.15, -0.1) is 0 Å². The second-order valence-electron chi connectivity index (χ2n) is 5.70. The highest BCUT2D eigenvalue weighted by atomic mass is 19.2. The van der Waals surface area contributed by atoms with E-state index in [9.17, 15) is 17.6 Å². The Morgan fingerprint density at radius 3 is 1.57 bits per heavy atom. The first-order chi connectivity index (χ1) is 10.5. The SMILES string of the molecule is C=C/C(F)=C(/F)C(=C)C(C)CCC(C)C(=C)/C(F)=C(/F)C(=C)C. The number of hydrogen-bond acceptors (Lipinski definition) is 0. The van der Waals surface area contributed by atoms with Crippen molar-refractivity contribution < 1.29 is 17.6 Å². The molecule has 2 unspecified atom stereocenters. The summed E-state index contributed by atoms with van der Waals surface area (Å²) in [6.07, 6.45) is 1.63. The lowest BCUT2D eigenvalue weighted by atomic mass is 9.88. The minimum atomic E-state index is -1.06. The number of allylic oxidation sites excluding steroid dienone is 8. The van der Waals surface area contributed by atoms with Gasteiger partial charge in [-0.2, -0.15) is 0 Å². The maximum atomic E-state index is 13.9. The first-order valence-corrected chi connectivity index (χ1v) is 7.31. The molecule has 0 N–H and O–H groups in total. The third kappa shape index (κ3) is 6.05. The second kappa shape index (κ2) is 9.33. The second-order valence-corrected chi connectivity index (χ2v) is 5.70. The van der Waals surface area contributed by atoms with E-state index in [1.165, 1.54) is 6.92 Å². The Morgan fingerprint density at radius 1 is 0.826 bits per heavy atom. The summed E-state index contributed by atoms with van der Waals surface area (Å²) in [5.74, 6) is -4.82. The smallest absolute Gasteiger partial charge is 0.161 e. The molecule has 0 aliphatic carbocycles. The Kier molecular flexibility index (Phi) is 8.59. The van der Waals surface area contributed by atoms with Crippen molar-refractivity contribution in [2.24, 2.45) is 11.8 Å². The first kappa shape index (κ1) is 21.2. The van der Waals surface area contributed by atoms with Crippen LogP contribution in [0.4, 0.5) is 17.6 Å². The highest BCUT2D eigenvalue weighted by Crippen LogP contribution is 2.32. The molecular weight excluding hydrogens is 304 g/mol. The standard InChI is InChI=1S/C19H24F4/c1-8-16(20)18(22)14(6)12(4)9-10-13(5)15(7)19(23)17(21)11(2)3/h8,12-13H,1-2,6-7,9-10H2,3-5H3/b18-16-,19-17-. The summed E-state index contributed by atoms with van der Waals surface area (Å²) in [5, 5.41) is 0. The Hall–Kier alpha value is -1.84. The van der Waals surface area contributed by atoms with Crippen LogP contribution in [0.25, 0.3) is 0 Å². The predicted octanol–water partition coefficient (Wildman–Crippen LogP) is 7.21. The van der Waals surface area contributed by atoms with Gasteiger partial charge in [0.2, 0.25) is 0 Å². The molecule has 0 spiro atoms. The van der Waals surface area contributed by atoms with Crippen LogP contribution in [0.2, 0.25) is 0 Å². The maximum Gasteiger partial charge on any atom is 0.161 e. The van der Waals surface area contributed by atoms with Gasteiger partial charge >= 0.3 is 0 Å². The average Bonchev–Trinajstić information content (AvgIpc) is 2.54. The molecule has 2 atom stereocenters. The van der Waals surface area contributed by atoms with E-state index in [0.717, 1.165) is 6.08 Å². The zero-order valence-corrected chi connectivity index (χ0v) is 14.0. The lowest BCUT2D eigenvalue weighted by Gasteiger charge is -2.18. The van der Waals surface area contributed by atoms with E-state index in [2.05, 4.69) is 26.3 Å². The number of halogens is 4. The molecule has 128 valence electrons. The van der Waals surface area contributed by atoms with Crippen molar-refractivity contribution in [2.75, 3.05) is 0 Å². The van der Waals surface area contributed by atoms with Crippen LogP contribution in [0.1, 0.15) is 33.6 Å². The molecule has 0 amide bonds. The Bertz CT molecular complexity index is 564. The lowest BCUT2D eigenvalue weighted by molar-refractivity contribution is 0.464. The van der Waals surface area contributed by atoms with Gasteiger partial charge < -0.3 is 0 Å². The average molecular weight is 328 g/mol. The van der Waals surface area contributed by atoms with Crippen molar-refractivity contribution in [3.63, 3.8) is 0 Å². The lowest BCUT2D eigenvalue weighted by Crippen LogP contribution is -2.06. The number of rotatable bonds is 9. The summed E-state index contributed by atoms with van der Waals surface area (Å²) in [5.41, 5.74) is 0.0330. The topological polar surface area (TPSA) is 0 Å². The molecular formula is C19H24F4. The van der Waals surface area contributed by atoms with Crippen LogP contribution in [0.5, 0.6) is 0 Å². The molecule has 0 bridgehead atoms. The molecule has 0 saturated heterocycles. The van der Waals surface area contributed by atoms with Crippen LogP contribution in [0.15, 0.2) is 72.4 Å². The highest BCUT2D eigenvalue weighted by molar-refractivity contribution is 5.35. The van der Waals surface area contributed by atoms with Crippen molar-refractivity contribution in [1.82, 2.24) is 0 Å². The minimum absolute atomic E-state index is 0.00953. The normalized spacial score (nSPS) is 16.0.